The third-order valence-electron chi connectivity index (χ3n) is 4.91. The van der Waals surface area contributed by atoms with Gasteiger partial charge in [0.05, 0.1) is 0 Å². The molecular formula is C21H19BrF3N3O3. The van der Waals surface area contributed by atoms with Gasteiger partial charge in [0, 0.05) is 11.0 Å². The molecule has 4 amide bonds. The molecule has 1 unspecified atom stereocenters. The minimum absolute atomic E-state index is 0.300. The van der Waals surface area contributed by atoms with Crippen LogP contribution in [0.25, 0.3) is 0 Å². The van der Waals surface area contributed by atoms with Crippen molar-refractivity contribution in [1.82, 2.24) is 15.1 Å². The van der Waals surface area contributed by atoms with E-state index in [0.29, 0.717) is 25.4 Å². The van der Waals surface area contributed by atoms with E-state index in [-0.39, 0.29) is 6.54 Å². The number of nitrogens with one attached hydrogen (secondary N) is 1. The van der Waals surface area contributed by atoms with Crippen LogP contribution in [0.1, 0.15) is 18.1 Å². The minimum atomic E-state index is -4.63. The fourth-order valence-electron chi connectivity index (χ4n) is 3.32. The summed E-state index contributed by atoms with van der Waals surface area (Å²) in [6, 6.07) is 14.1. The van der Waals surface area contributed by atoms with Crippen LogP contribution in [-0.2, 0) is 21.7 Å². The maximum atomic E-state index is 13.1. The highest BCUT2D eigenvalue weighted by Gasteiger charge is 2.50. The fraction of sp³-hybridized carbons (Fsp3) is 0.286. The Morgan fingerprint density at radius 1 is 1.13 bits per heavy atom. The van der Waals surface area contributed by atoms with E-state index < -0.39 is 42.7 Å². The third kappa shape index (κ3) is 5.25. The van der Waals surface area contributed by atoms with Gasteiger partial charge >= 0.3 is 12.2 Å². The molecule has 0 radical (unpaired) electrons. The van der Waals surface area contributed by atoms with Crippen molar-refractivity contribution < 1.29 is 27.6 Å². The van der Waals surface area contributed by atoms with Gasteiger partial charge in [0.25, 0.3) is 5.91 Å². The number of amides is 4. The highest BCUT2D eigenvalue weighted by Crippen LogP contribution is 2.30. The summed E-state index contributed by atoms with van der Waals surface area (Å²) in [4.78, 5) is 39.4. The van der Waals surface area contributed by atoms with E-state index in [0.717, 1.165) is 0 Å². The first-order chi connectivity index (χ1) is 14.5. The van der Waals surface area contributed by atoms with E-state index in [4.69, 9.17) is 0 Å². The van der Waals surface area contributed by atoms with Crippen molar-refractivity contribution >= 4 is 33.8 Å². The van der Waals surface area contributed by atoms with E-state index >= 15 is 0 Å². The Morgan fingerprint density at radius 2 is 1.81 bits per heavy atom. The molecule has 0 aromatic heterocycles. The highest BCUT2D eigenvalue weighted by atomic mass is 79.9. The lowest BCUT2D eigenvalue weighted by Gasteiger charge is -2.26. The van der Waals surface area contributed by atoms with E-state index in [2.05, 4.69) is 21.2 Å². The Kier molecular flexibility index (Phi) is 6.40. The van der Waals surface area contributed by atoms with Gasteiger partial charge in [-0.2, -0.15) is 13.2 Å². The Morgan fingerprint density at radius 3 is 2.42 bits per heavy atom. The molecule has 0 aliphatic carbocycles. The predicted octanol–water partition coefficient (Wildman–Crippen LogP) is 3.81. The Balaban J connectivity index is 1.80. The molecule has 1 saturated heterocycles. The zero-order valence-corrected chi connectivity index (χ0v) is 18.0. The molecular weight excluding hydrogens is 479 g/mol. The molecule has 10 heteroatoms. The Labute approximate surface area is 185 Å². The van der Waals surface area contributed by atoms with Gasteiger partial charge in [-0.15, -0.1) is 0 Å². The average Bonchev–Trinajstić information content (AvgIpc) is 2.91. The molecule has 1 atom stereocenters. The van der Waals surface area contributed by atoms with Crippen LogP contribution >= 0.6 is 15.9 Å². The van der Waals surface area contributed by atoms with Crippen LogP contribution in [0.5, 0.6) is 0 Å². The summed E-state index contributed by atoms with van der Waals surface area (Å²) < 4.78 is 39.9. The van der Waals surface area contributed by atoms with Crippen LogP contribution in [0.15, 0.2) is 59.1 Å². The van der Waals surface area contributed by atoms with Crippen molar-refractivity contribution in [3.05, 3.63) is 70.2 Å². The predicted molar refractivity (Wildman–Crippen MR) is 110 cm³/mol. The van der Waals surface area contributed by atoms with Gasteiger partial charge in [-0.05, 0) is 30.2 Å². The first kappa shape index (κ1) is 22.8. The van der Waals surface area contributed by atoms with E-state index in [9.17, 15) is 27.6 Å². The van der Waals surface area contributed by atoms with Gasteiger partial charge in [-0.1, -0.05) is 58.4 Å². The molecule has 3 rings (SSSR count). The second kappa shape index (κ2) is 8.70. The zero-order chi connectivity index (χ0) is 22.8. The van der Waals surface area contributed by atoms with Crippen molar-refractivity contribution in [1.29, 1.82) is 0 Å². The molecule has 31 heavy (non-hydrogen) atoms. The summed E-state index contributed by atoms with van der Waals surface area (Å²) in [7, 11) is 0. The Bertz CT molecular complexity index is 1000. The summed E-state index contributed by atoms with van der Waals surface area (Å²) in [5.74, 6) is -1.70. The first-order valence-corrected chi connectivity index (χ1v) is 10.1. The second-order valence-corrected chi connectivity index (χ2v) is 8.22. The average molecular weight is 498 g/mol. The van der Waals surface area contributed by atoms with Gasteiger partial charge in [0.15, 0.2) is 0 Å². The van der Waals surface area contributed by atoms with Gasteiger partial charge < -0.3 is 10.2 Å². The summed E-state index contributed by atoms with van der Waals surface area (Å²) in [6.45, 7) is -1.10. The van der Waals surface area contributed by atoms with E-state index in [1.54, 1.807) is 54.6 Å². The van der Waals surface area contributed by atoms with Crippen LogP contribution in [0, 0.1) is 0 Å². The molecule has 0 spiro atoms. The number of alkyl halides is 3. The summed E-state index contributed by atoms with van der Waals surface area (Å²) >= 11 is 3.30. The molecule has 2 aromatic carbocycles. The van der Waals surface area contributed by atoms with E-state index in [1.165, 1.54) is 6.92 Å². The van der Waals surface area contributed by atoms with Crippen molar-refractivity contribution in [2.45, 2.75) is 25.2 Å². The van der Waals surface area contributed by atoms with Crippen LogP contribution < -0.4 is 5.32 Å². The topological polar surface area (TPSA) is 69.7 Å². The fourth-order valence-corrected chi connectivity index (χ4v) is 3.72. The van der Waals surface area contributed by atoms with Crippen LogP contribution in [-0.4, -0.2) is 46.9 Å². The van der Waals surface area contributed by atoms with Crippen molar-refractivity contribution in [2.75, 3.05) is 13.1 Å². The van der Waals surface area contributed by atoms with Crippen molar-refractivity contribution in [2.24, 2.45) is 0 Å². The molecule has 0 bridgehead atoms. The number of benzene rings is 2. The number of carbonyl (C=O) groups excluding carboxylic acids is 3. The quantitative estimate of drug-likeness (QED) is 0.617. The number of rotatable bonds is 6. The molecule has 1 aliphatic rings. The number of halogens is 4. The smallest absolute Gasteiger partial charge is 0.328 e. The number of carbonyl (C=O) groups is 3. The first-order valence-electron chi connectivity index (χ1n) is 9.28. The van der Waals surface area contributed by atoms with Crippen LogP contribution in [0.2, 0.25) is 0 Å². The maximum absolute atomic E-state index is 13.1. The van der Waals surface area contributed by atoms with Crippen LogP contribution in [0.4, 0.5) is 18.0 Å². The summed E-state index contributed by atoms with van der Waals surface area (Å²) in [5.41, 5.74) is -0.460. The lowest BCUT2D eigenvalue weighted by atomic mass is 9.92. The molecule has 164 valence electrons. The molecule has 2 aromatic rings. The SMILES string of the molecule is CC1(c2cccc(Br)c2)NC(=O)N(CC(=O)N(Cc2ccccc2)CC(F)(F)F)C1=O. The summed E-state index contributed by atoms with van der Waals surface area (Å²) in [5, 5.41) is 2.54. The minimum Gasteiger partial charge on any atom is -0.328 e. The van der Waals surface area contributed by atoms with Gasteiger partial charge in [0.1, 0.15) is 18.6 Å². The van der Waals surface area contributed by atoms with Gasteiger partial charge in [-0.3, -0.25) is 14.5 Å². The van der Waals surface area contributed by atoms with Gasteiger partial charge in [0.2, 0.25) is 5.91 Å². The number of imide groups is 1. The number of hydrogen-bond acceptors (Lipinski definition) is 3. The maximum Gasteiger partial charge on any atom is 0.406 e. The van der Waals surface area contributed by atoms with Crippen molar-refractivity contribution in [3.63, 3.8) is 0 Å². The number of nitrogens with zero attached hydrogens (tertiary/aromatic N) is 2. The zero-order valence-electron chi connectivity index (χ0n) is 16.4. The monoisotopic (exact) mass is 497 g/mol. The number of hydrogen-bond donors (Lipinski definition) is 1. The lowest BCUT2D eigenvalue weighted by molar-refractivity contribution is -0.163. The molecule has 6 nitrogen and oxygen atoms in total. The van der Waals surface area contributed by atoms with Crippen molar-refractivity contribution in [3.8, 4) is 0 Å². The lowest BCUT2D eigenvalue weighted by Crippen LogP contribution is -2.46. The van der Waals surface area contributed by atoms with E-state index in [1.807, 2.05) is 0 Å². The molecule has 0 saturated carbocycles. The molecule has 1 N–H and O–H groups in total. The largest absolute Gasteiger partial charge is 0.406 e. The molecule has 1 fully saturated rings. The summed E-state index contributed by atoms with van der Waals surface area (Å²) in [6.07, 6.45) is -4.63. The Hall–Kier alpha value is -2.88. The highest BCUT2D eigenvalue weighted by molar-refractivity contribution is 9.10. The molecule has 1 heterocycles. The molecule has 1 aliphatic heterocycles. The van der Waals surface area contributed by atoms with Crippen LogP contribution in [0.3, 0.4) is 0 Å². The second-order valence-electron chi connectivity index (χ2n) is 7.31. The standard InChI is InChI=1S/C21H19BrF3N3O3/c1-20(15-8-5-9-16(22)10-15)18(30)28(19(31)26-20)12-17(29)27(13-21(23,24)25)11-14-6-3-2-4-7-14/h2-10H,11-13H2,1H3,(H,26,31). The number of urea groups is 1. The normalized spacial score (nSPS) is 18.8. The van der Waals surface area contributed by atoms with Gasteiger partial charge in [-0.25, -0.2) is 4.79 Å². The third-order valence-corrected chi connectivity index (χ3v) is 5.40.